The van der Waals surface area contributed by atoms with Crippen molar-refractivity contribution in [2.45, 2.75) is 16.7 Å². The molecule has 0 bridgehead atoms. The molecule has 0 atom stereocenters. The van der Waals surface area contributed by atoms with Crippen LogP contribution >= 0.6 is 12.6 Å². The highest BCUT2D eigenvalue weighted by Crippen LogP contribution is 2.20. The quantitative estimate of drug-likeness (QED) is 0.534. The van der Waals surface area contributed by atoms with Crippen LogP contribution in [0.5, 0.6) is 0 Å². The predicted molar refractivity (Wildman–Crippen MR) is 59.0 cm³/mol. The van der Waals surface area contributed by atoms with E-state index in [0.717, 1.165) is 0 Å². The van der Waals surface area contributed by atoms with Crippen molar-refractivity contribution in [3.8, 4) is 0 Å². The molecule has 0 aliphatic carbocycles. The Morgan fingerprint density at radius 1 is 1.50 bits per heavy atom. The second-order valence-corrected chi connectivity index (χ2v) is 4.97. The van der Waals surface area contributed by atoms with Crippen LogP contribution in [0.3, 0.4) is 0 Å². The summed E-state index contributed by atoms with van der Waals surface area (Å²) in [6, 6.07) is 4.40. The normalized spacial score (nSPS) is 11.6. The Hall–Kier alpha value is -0.720. The molecule has 0 aliphatic rings. The summed E-state index contributed by atoms with van der Waals surface area (Å²) in [5, 5.41) is 0. The Morgan fingerprint density at radius 3 is 2.64 bits per heavy atom. The van der Waals surface area contributed by atoms with Gasteiger partial charge in [0, 0.05) is 17.1 Å². The zero-order chi connectivity index (χ0) is 10.8. The van der Waals surface area contributed by atoms with Crippen molar-refractivity contribution in [3.05, 3.63) is 18.2 Å². The fraction of sp³-hybridized carbons (Fsp3) is 0.250. The fourth-order valence-corrected chi connectivity index (χ4v) is 2.33. The molecule has 0 heterocycles. The zero-order valence-corrected chi connectivity index (χ0v) is 9.40. The Labute approximate surface area is 89.0 Å². The third-order valence-corrected chi connectivity index (χ3v) is 3.58. The highest BCUT2D eigenvalue weighted by atomic mass is 32.2. The molecule has 1 aromatic carbocycles. The van der Waals surface area contributed by atoms with Crippen LogP contribution in [0.2, 0.25) is 0 Å². The Bertz CT molecular complexity index is 429. The number of anilines is 1. The molecule has 0 fully saturated rings. The second-order valence-electron chi connectivity index (χ2n) is 2.72. The summed E-state index contributed by atoms with van der Waals surface area (Å²) in [5.74, 6) is 0. The number of sulfonamides is 1. The number of benzene rings is 1. The van der Waals surface area contributed by atoms with Crippen molar-refractivity contribution < 1.29 is 8.42 Å². The van der Waals surface area contributed by atoms with Crippen molar-refractivity contribution in [1.29, 1.82) is 0 Å². The lowest BCUT2D eigenvalue weighted by atomic mass is 10.3. The molecule has 78 valence electrons. The highest BCUT2D eigenvalue weighted by Gasteiger charge is 2.12. The van der Waals surface area contributed by atoms with E-state index < -0.39 is 10.0 Å². The van der Waals surface area contributed by atoms with E-state index >= 15 is 0 Å². The summed E-state index contributed by atoms with van der Waals surface area (Å²) in [7, 11) is -3.40. The molecule has 4 nitrogen and oxygen atoms in total. The third kappa shape index (κ3) is 2.40. The van der Waals surface area contributed by atoms with Crippen LogP contribution in [-0.4, -0.2) is 15.0 Å². The van der Waals surface area contributed by atoms with Crippen molar-refractivity contribution >= 4 is 28.3 Å². The fourth-order valence-electron chi connectivity index (χ4n) is 0.964. The molecule has 0 unspecified atom stereocenters. The highest BCUT2D eigenvalue weighted by molar-refractivity contribution is 7.89. The minimum Gasteiger partial charge on any atom is -0.398 e. The van der Waals surface area contributed by atoms with Gasteiger partial charge in [-0.1, -0.05) is 6.92 Å². The standard InChI is InChI=1S/C8H12N2O2S2/c1-2-10-14(11,12)6-3-4-7(9)8(13)5-6/h3-5,10,13H,2,9H2,1H3. The lowest BCUT2D eigenvalue weighted by Crippen LogP contribution is -2.23. The van der Waals surface area contributed by atoms with Crippen LogP contribution in [0.25, 0.3) is 0 Å². The molecule has 0 spiro atoms. The van der Waals surface area contributed by atoms with Crippen molar-refractivity contribution in [2.24, 2.45) is 0 Å². The van der Waals surface area contributed by atoms with Gasteiger partial charge in [-0.2, -0.15) is 0 Å². The molecule has 0 radical (unpaired) electrons. The van der Waals surface area contributed by atoms with E-state index in [-0.39, 0.29) is 4.90 Å². The maximum Gasteiger partial charge on any atom is 0.240 e. The van der Waals surface area contributed by atoms with Crippen LogP contribution < -0.4 is 10.5 Å². The molecular weight excluding hydrogens is 220 g/mol. The molecule has 1 aromatic rings. The maximum atomic E-state index is 11.5. The van der Waals surface area contributed by atoms with Crippen LogP contribution in [0.4, 0.5) is 5.69 Å². The van der Waals surface area contributed by atoms with Gasteiger partial charge in [-0.15, -0.1) is 12.6 Å². The molecule has 6 heteroatoms. The monoisotopic (exact) mass is 232 g/mol. The first-order valence-corrected chi connectivity index (χ1v) is 5.98. The van der Waals surface area contributed by atoms with Gasteiger partial charge < -0.3 is 5.73 Å². The summed E-state index contributed by atoms with van der Waals surface area (Å²) >= 11 is 4.05. The van der Waals surface area contributed by atoms with E-state index in [1.807, 2.05) is 0 Å². The number of thiol groups is 1. The Morgan fingerprint density at radius 2 is 2.14 bits per heavy atom. The molecule has 0 aliphatic heterocycles. The number of nitrogens with two attached hydrogens (primary N) is 1. The average Bonchev–Trinajstić information content (AvgIpc) is 2.09. The number of hydrogen-bond donors (Lipinski definition) is 3. The van der Waals surface area contributed by atoms with Gasteiger partial charge in [-0.05, 0) is 18.2 Å². The van der Waals surface area contributed by atoms with Gasteiger partial charge in [-0.25, -0.2) is 13.1 Å². The summed E-state index contributed by atoms with van der Waals surface area (Å²) in [6.45, 7) is 2.07. The first-order valence-electron chi connectivity index (χ1n) is 4.05. The third-order valence-electron chi connectivity index (χ3n) is 1.65. The molecular formula is C8H12N2O2S2. The minimum atomic E-state index is -3.40. The van der Waals surface area contributed by atoms with Gasteiger partial charge in [0.1, 0.15) is 0 Å². The van der Waals surface area contributed by atoms with Crippen LogP contribution in [0, 0.1) is 0 Å². The number of rotatable bonds is 3. The number of nitrogens with one attached hydrogen (secondary N) is 1. The Kier molecular flexibility index (Phi) is 3.41. The van der Waals surface area contributed by atoms with Crippen molar-refractivity contribution in [3.63, 3.8) is 0 Å². The SMILES string of the molecule is CCNS(=O)(=O)c1ccc(N)c(S)c1. The first-order chi connectivity index (χ1) is 6.47. The van der Waals surface area contributed by atoms with E-state index in [0.29, 0.717) is 17.1 Å². The van der Waals surface area contributed by atoms with E-state index in [1.54, 1.807) is 6.92 Å². The molecule has 14 heavy (non-hydrogen) atoms. The van der Waals surface area contributed by atoms with E-state index in [1.165, 1.54) is 18.2 Å². The van der Waals surface area contributed by atoms with Crippen molar-refractivity contribution in [2.75, 3.05) is 12.3 Å². The topological polar surface area (TPSA) is 72.2 Å². The van der Waals surface area contributed by atoms with Crippen LogP contribution in [0.1, 0.15) is 6.92 Å². The maximum absolute atomic E-state index is 11.5. The molecule has 1 rings (SSSR count). The van der Waals surface area contributed by atoms with E-state index in [4.69, 9.17) is 5.73 Å². The van der Waals surface area contributed by atoms with Crippen LogP contribution in [-0.2, 0) is 10.0 Å². The van der Waals surface area contributed by atoms with Gasteiger partial charge in [0.05, 0.1) is 4.90 Å². The van der Waals surface area contributed by atoms with E-state index in [2.05, 4.69) is 17.4 Å². The smallest absolute Gasteiger partial charge is 0.240 e. The Balaban J connectivity index is 3.15. The second kappa shape index (κ2) is 4.20. The minimum absolute atomic E-state index is 0.179. The van der Waals surface area contributed by atoms with Gasteiger partial charge in [-0.3, -0.25) is 0 Å². The summed E-state index contributed by atoms with van der Waals surface area (Å²) < 4.78 is 25.4. The van der Waals surface area contributed by atoms with Gasteiger partial charge in [0.25, 0.3) is 0 Å². The van der Waals surface area contributed by atoms with Gasteiger partial charge in [0.15, 0.2) is 0 Å². The lowest BCUT2D eigenvalue weighted by molar-refractivity contribution is 0.583. The predicted octanol–water partition coefficient (Wildman–Crippen LogP) is 0.856. The van der Waals surface area contributed by atoms with Crippen LogP contribution in [0.15, 0.2) is 28.0 Å². The molecule has 0 saturated carbocycles. The lowest BCUT2D eigenvalue weighted by Gasteiger charge is -2.06. The summed E-state index contributed by atoms with van der Waals surface area (Å²) in [4.78, 5) is 0.641. The molecule has 0 saturated heterocycles. The van der Waals surface area contributed by atoms with Gasteiger partial charge >= 0.3 is 0 Å². The number of nitrogen functional groups attached to an aromatic ring is 1. The summed E-state index contributed by atoms with van der Waals surface area (Å²) in [5.41, 5.74) is 5.98. The van der Waals surface area contributed by atoms with Crippen molar-refractivity contribution in [1.82, 2.24) is 4.72 Å². The average molecular weight is 232 g/mol. The zero-order valence-electron chi connectivity index (χ0n) is 7.69. The first kappa shape index (κ1) is 11.4. The molecule has 0 amide bonds. The largest absolute Gasteiger partial charge is 0.398 e. The number of hydrogen-bond acceptors (Lipinski definition) is 4. The van der Waals surface area contributed by atoms with E-state index in [9.17, 15) is 8.42 Å². The van der Waals surface area contributed by atoms with Gasteiger partial charge in [0.2, 0.25) is 10.0 Å². The molecule has 3 N–H and O–H groups in total. The summed E-state index contributed by atoms with van der Waals surface area (Å²) in [6.07, 6.45) is 0. The molecule has 0 aromatic heterocycles.